The fraction of sp³-hybridized carbons (Fsp3) is 0.176. The van der Waals surface area contributed by atoms with Gasteiger partial charge in [0.25, 0.3) is 5.56 Å². The van der Waals surface area contributed by atoms with E-state index in [2.05, 4.69) is 15.2 Å². The summed E-state index contributed by atoms with van der Waals surface area (Å²) < 4.78 is 7.00. The summed E-state index contributed by atoms with van der Waals surface area (Å²) in [5, 5.41) is 10.5. The van der Waals surface area contributed by atoms with Gasteiger partial charge < -0.3 is 4.42 Å². The quantitative estimate of drug-likeness (QED) is 0.571. The van der Waals surface area contributed by atoms with Crippen LogP contribution >= 0.6 is 11.3 Å². The average molecular weight is 338 g/mol. The molecule has 6 nitrogen and oxygen atoms in total. The van der Waals surface area contributed by atoms with E-state index in [1.807, 2.05) is 42.6 Å². The SMILES string of the molecule is CCc1nnc(Cn2cnc3scc(-c4ccccc4)c3c2=O)o1. The summed E-state index contributed by atoms with van der Waals surface area (Å²) in [5.74, 6) is 0.971. The van der Waals surface area contributed by atoms with Crippen LogP contribution in [-0.4, -0.2) is 19.7 Å². The molecule has 0 unspecified atom stereocenters. The van der Waals surface area contributed by atoms with E-state index in [-0.39, 0.29) is 12.1 Å². The number of benzene rings is 1. The minimum atomic E-state index is -0.101. The first-order valence-electron chi connectivity index (χ1n) is 7.59. The lowest BCUT2D eigenvalue weighted by molar-refractivity contribution is 0.439. The largest absolute Gasteiger partial charge is 0.423 e. The van der Waals surface area contributed by atoms with Crippen molar-refractivity contribution in [1.82, 2.24) is 19.7 Å². The number of hydrogen-bond acceptors (Lipinski definition) is 6. The first kappa shape index (κ1) is 14.8. The smallest absolute Gasteiger partial charge is 0.263 e. The first-order valence-corrected chi connectivity index (χ1v) is 8.47. The van der Waals surface area contributed by atoms with Crippen LogP contribution in [0.25, 0.3) is 21.3 Å². The lowest BCUT2D eigenvalue weighted by Gasteiger charge is -2.03. The van der Waals surface area contributed by atoms with E-state index in [4.69, 9.17) is 4.42 Å². The Balaban J connectivity index is 1.81. The van der Waals surface area contributed by atoms with Crippen LogP contribution in [0.4, 0.5) is 0 Å². The van der Waals surface area contributed by atoms with Crippen molar-refractivity contribution in [2.24, 2.45) is 0 Å². The van der Waals surface area contributed by atoms with E-state index in [1.54, 1.807) is 0 Å². The molecular formula is C17H14N4O2S. The molecule has 0 radical (unpaired) electrons. The molecule has 0 fully saturated rings. The van der Waals surface area contributed by atoms with Crippen molar-refractivity contribution in [2.45, 2.75) is 19.9 Å². The number of nitrogens with zero attached hydrogens (tertiary/aromatic N) is 4. The van der Waals surface area contributed by atoms with E-state index >= 15 is 0 Å². The molecule has 0 saturated carbocycles. The van der Waals surface area contributed by atoms with Crippen LogP contribution in [0.5, 0.6) is 0 Å². The summed E-state index contributed by atoms with van der Waals surface area (Å²) in [4.78, 5) is 18.0. The van der Waals surface area contributed by atoms with Gasteiger partial charge in [-0.15, -0.1) is 21.5 Å². The van der Waals surface area contributed by atoms with E-state index < -0.39 is 0 Å². The van der Waals surface area contributed by atoms with E-state index in [0.717, 1.165) is 16.0 Å². The average Bonchev–Trinajstić information content (AvgIpc) is 3.25. The second-order valence-electron chi connectivity index (χ2n) is 5.32. The minimum Gasteiger partial charge on any atom is -0.423 e. The molecule has 4 aromatic rings. The van der Waals surface area contributed by atoms with Crippen LogP contribution in [0.3, 0.4) is 0 Å². The van der Waals surface area contributed by atoms with Crippen molar-refractivity contribution in [1.29, 1.82) is 0 Å². The van der Waals surface area contributed by atoms with Crippen molar-refractivity contribution < 1.29 is 4.42 Å². The van der Waals surface area contributed by atoms with Crippen LogP contribution in [0.1, 0.15) is 18.7 Å². The van der Waals surface area contributed by atoms with E-state index in [0.29, 0.717) is 23.6 Å². The van der Waals surface area contributed by atoms with E-state index in [9.17, 15) is 4.79 Å². The van der Waals surface area contributed by atoms with Gasteiger partial charge in [0, 0.05) is 17.4 Å². The Morgan fingerprint density at radius 2 is 1.96 bits per heavy atom. The highest BCUT2D eigenvalue weighted by Crippen LogP contribution is 2.30. The Morgan fingerprint density at radius 1 is 1.17 bits per heavy atom. The Hall–Kier alpha value is -2.80. The number of hydrogen-bond donors (Lipinski definition) is 0. The highest BCUT2D eigenvalue weighted by atomic mass is 32.1. The molecule has 24 heavy (non-hydrogen) atoms. The Bertz CT molecular complexity index is 1050. The second-order valence-corrected chi connectivity index (χ2v) is 6.17. The Labute approximate surface area is 141 Å². The van der Waals surface area contributed by atoms with Crippen molar-refractivity contribution in [2.75, 3.05) is 0 Å². The third kappa shape index (κ3) is 2.52. The summed E-state index contributed by atoms with van der Waals surface area (Å²) in [6.07, 6.45) is 2.20. The summed E-state index contributed by atoms with van der Waals surface area (Å²) in [6, 6.07) is 9.85. The zero-order valence-electron chi connectivity index (χ0n) is 13.0. The minimum absolute atomic E-state index is 0.101. The molecule has 0 aliphatic carbocycles. The number of fused-ring (bicyclic) bond motifs is 1. The standard InChI is InChI=1S/C17H14N4O2S/c1-2-13-19-20-14(23-13)8-21-10-18-16-15(17(21)22)12(9-24-16)11-6-4-3-5-7-11/h3-7,9-10H,2,8H2,1H3. The van der Waals surface area contributed by atoms with Crippen molar-refractivity contribution in [3.8, 4) is 11.1 Å². The zero-order chi connectivity index (χ0) is 16.5. The summed E-state index contributed by atoms with van der Waals surface area (Å²) >= 11 is 1.47. The van der Waals surface area contributed by atoms with Crippen LogP contribution in [0, 0.1) is 0 Å². The van der Waals surface area contributed by atoms with Gasteiger partial charge in [0.05, 0.1) is 11.7 Å². The maximum absolute atomic E-state index is 12.9. The van der Waals surface area contributed by atoms with Gasteiger partial charge in [-0.1, -0.05) is 37.3 Å². The monoisotopic (exact) mass is 338 g/mol. The first-order chi connectivity index (χ1) is 11.8. The van der Waals surface area contributed by atoms with E-state index in [1.165, 1.54) is 22.2 Å². The van der Waals surface area contributed by atoms with Crippen molar-refractivity contribution in [3.63, 3.8) is 0 Å². The third-order valence-electron chi connectivity index (χ3n) is 3.76. The molecule has 4 rings (SSSR count). The molecule has 0 saturated heterocycles. The third-order valence-corrected chi connectivity index (χ3v) is 4.65. The molecule has 0 N–H and O–H groups in total. The molecule has 3 heterocycles. The van der Waals surface area contributed by atoms with Gasteiger partial charge in [-0.25, -0.2) is 4.98 Å². The maximum atomic E-state index is 12.9. The molecule has 0 amide bonds. The number of thiophene rings is 1. The fourth-order valence-electron chi connectivity index (χ4n) is 2.55. The molecule has 1 aromatic carbocycles. The topological polar surface area (TPSA) is 73.8 Å². The van der Waals surface area contributed by atoms with Gasteiger partial charge in [-0.2, -0.15) is 0 Å². The molecule has 0 spiro atoms. The molecule has 0 bridgehead atoms. The van der Waals surface area contributed by atoms with Gasteiger partial charge in [-0.05, 0) is 5.56 Å². The number of aromatic nitrogens is 4. The van der Waals surface area contributed by atoms with Gasteiger partial charge >= 0.3 is 0 Å². The van der Waals surface area contributed by atoms with Gasteiger partial charge in [0.1, 0.15) is 11.4 Å². The number of rotatable bonds is 4. The molecule has 120 valence electrons. The summed E-state index contributed by atoms with van der Waals surface area (Å²) in [5.41, 5.74) is 1.81. The fourth-order valence-corrected chi connectivity index (χ4v) is 3.46. The number of aryl methyl sites for hydroxylation is 1. The molecule has 0 aliphatic heterocycles. The van der Waals surface area contributed by atoms with Crippen molar-refractivity contribution >= 4 is 21.6 Å². The second kappa shape index (κ2) is 6.01. The van der Waals surface area contributed by atoms with Crippen LogP contribution in [0.15, 0.2) is 51.3 Å². The Kier molecular flexibility index (Phi) is 3.70. The Morgan fingerprint density at radius 3 is 2.71 bits per heavy atom. The van der Waals surface area contributed by atoms with Gasteiger partial charge in [-0.3, -0.25) is 9.36 Å². The van der Waals surface area contributed by atoms with Crippen LogP contribution in [-0.2, 0) is 13.0 Å². The van der Waals surface area contributed by atoms with Gasteiger partial charge in [0.2, 0.25) is 11.8 Å². The normalized spacial score (nSPS) is 11.2. The molecular weight excluding hydrogens is 324 g/mol. The predicted molar refractivity (Wildman–Crippen MR) is 92.1 cm³/mol. The molecule has 0 aliphatic rings. The maximum Gasteiger partial charge on any atom is 0.263 e. The molecule has 0 atom stereocenters. The van der Waals surface area contributed by atoms with Crippen LogP contribution in [0.2, 0.25) is 0 Å². The van der Waals surface area contributed by atoms with Crippen molar-refractivity contribution in [3.05, 3.63) is 64.2 Å². The summed E-state index contributed by atoms with van der Waals surface area (Å²) in [7, 11) is 0. The lowest BCUT2D eigenvalue weighted by atomic mass is 10.1. The van der Waals surface area contributed by atoms with Crippen LogP contribution < -0.4 is 5.56 Å². The highest BCUT2D eigenvalue weighted by Gasteiger charge is 2.14. The lowest BCUT2D eigenvalue weighted by Crippen LogP contribution is -2.21. The molecule has 7 heteroatoms. The highest BCUT2D eigenvalue weighted by molar-refractivity contribution is 7.17. The zero-order valence-corrected chi connectivity index (χ0v) is 13.8. The van der Waals surface area contributed by atoms with Gasteiger partial charge in [0.15, 0.2) is 0 Å². The molecule has 3 aromatic heterocycles. The predicted octanol–water partition coefficient (Wildman–Crippen LogP) is 3.12. The summed E-state index contributed by atoms with van der Waals surface area (Å²) in [6.45, 7) is 2.16.